The molecule has 8 nitrogen and oxygen atoms in total. The monoisotopic (exact) mass is 458 g/mol. The highest BCUT2D eigenvalue weighted by Gasteiger charge is 2.28. The van der Waals surface area contributed by atoms with Crippen LogP contribution >= 0.6 is 0 Å². The number of sulfonamides is 1. The third kappa shape index (κ3) is 4.74. The predicted octanol–water partition coefficient (Wildman–Crippen LogP) is 1.22. The summed E-state index contributed by atoms with van der Waals surface area (Å²) in [5.41, 5.74) is 4.30. The van der Waals surface area contributed by atoms with Gasteiger partial charge in [-0.1, -0.05) is 12.1 Å². The first-order chi connectivity index (χ1) is 15.3. The molecule has 0 unspecified atom stereocenters. The van der Waals surface area contributed by atoms with Crippen LogP contribution in [0.25, 0.3) is 0 Å². The smallest absolute Gasteiger partial charge is 0.238 e. The van der Waals surface area contributed by atoms with Crippen LogP contribution in [0, 0.1) is 0 Å². The number of hydrogen-bond donors (Lipinski definition) is 1. The van der Waals surface area contributed by atoms with Crippen LogP contribution in [0.4, 0.5) is 5.69 Å². The molecular weight excluding hydrogens is 428 g/mol. The van der Waals surface area contributed by atoms with Crippen LogP contribution < -0.4 is 14.8 Å². The summed E-state index contributed by atoms with van der Waals surface area (Å²) in [6.07, 6.45) is 0.963. The number of benzene rings is 2. The lowest BCUT2D eigenvalue weighted by Gasteiger charge is -2.38. The molecule has 0 aromatic heterocycles. The van der Waals surface area contributed by atoms with Gasteiger partial charge < -0.3 is 19.4 Å². The highest BCUT2D eigenvalue weighted by Crippen LogP contribution is 2.36. The molecule has 32 heavy (non-hydrogen) atoms. The number of likely N-dealkylation sites (N-methyl/N-ethyl adjacent to an activating group) is 1. The largest absolute Gasteiger partial charge is 0.496 e. The van der Waals surface area contributed by atoms with Crippen molar-refractivity contribution < 1.29 is 17.9 Å². The molecule has 0 radical (unpaired) electrons. The van der Waals surface area contributed by atoms with Gasteiger partial charge in [0.15, 0.2) is 0 Å². The van der Waals surface area contributed by atoms with Crippen molar-refractivity contribution in [2.24, 2.45) is 5.14 Å². The van der Waals surface area contributed by atoms with Crippen molar-refractivity contribution in [2.45, 2.75) is 24.3 Å². The van der Waals surface area contributed by atoms with E-state index in [0.29, 0.717) is 13.1 Å². The summed E-state index contributed by atoms with van der Waals surface area (Å²) in [5.74, 6) is 0.898. The maximum Gasteiger partial charge on any atom is 0.238 e. The number of hydrogen-bond acceptors (Lipinski definition) is 6. The Bertz CT molecular complexity index is 1090. The van der Waals surface area contributed by atoms with Crippen LogP contribution in [0.3, 0.4) is 0 Å². The van der Waals surface area contributed by atoms with E-state index < -0.39 is 10.0 Å². The lowest BCUT2D eigenvalue weighted by Crippen LogP contribution is -2.45. The van der Waals surface area contributed by atoms with Crippen molar-refractivity contribution in [3.63, 3.8) is 0 Å². The lowest BCUT2D eigenvalue weighted by atomic mass is 9.95. The minimum Gasteiger partial charge on any atom is -0.496 e. The number of primary sulfonamides is 1. The van der Waals surface area contributed by atoms with Crippen LogP contribution in [0.1, 0.15) is 16.7 Å². The van der Waals surface area contributed by atoms with Crippen molar-refractivity contribution >= 4 is 21.6 Å². The highest BCUT2D eigenvalue weighted by molar-refractivity contribution is 7.89. The number of carbonyl (C=O) groups excluding carboxylic acids is 1. The molecule has 0 atom stereocenters. The fourth-order valence-corrected chi connectivity index (χ4v) is 4.97. The molecule has 2 N–H and O–H groups in total. The number of nitrogens with zero attached hydrogens (tertiary/aromatic N) is 3. The van der Waals surface area contributed by atoms with Crippen LogP contribution in [0.5, 0.6) is 5.75 Å². The van der Waals surface area contributed by atoms with Crippen molar-refractivity contribution in [3.8, 4) is 5.75 Å². The summed E-state index contributed by atoms with van der Waals surface area (Å²) in [5, 5.41) is 5.16. The number of methoxy groups -OCH3 is 1. The first-order valence-corrected chi connectivity index (χ1v) is 12.3. The Labute approximate surface area is 189 Å². The zero-order chi connectivity index (χ0) is 22.9. The van der Waals surface area contributed by atoms with Crippen LogP contribution in [-0.4, -0.2) is 71.0 Å². The first kappa shape index (κ1) is 22.6. The summed E-state index contributed by atoms with van der Waals surface area (Å²) in [7, 11) is 0.0815. The summed E-state index contributed by atoms with van der Waals surface area (Å²) < 4.78 is 28.5. The van der Waals surface area contributed by atoms with Crippen molar-refractivity contribution in [1.29, 1.82) is 0 Å². The summed E-state index contributed by atoms with van der Waals surface area (Å²) in [6, 6.07) is 10.3. The number of ether oxygens (including phenoxy) is 1. The average molecular weight is 459 g/mol. The van der Waals surface area contributed by atoms with Gasteiger partial charge in [-0.3, -0.25) is 4.79 Å². The van der Waals surface area contributed by atoms with Gasteiger partial charge in [-0.25, -0.2) is 13.6 Å². The molecule has 4 rings (SSSR count). The number of carbonyl (C=O) groups is 1. The van der Waals surface area contributed by atoms with E-state index in [1.165, 1.54) is 23.4 Å². The molecule has 2 heterocycles. The van der Waals surface area contributed by atoms with Gasteiger partial charge in [0.1, 0.15) is 5.75 Å². The Morgan fingerprint density at radius 2 is 1.69 bits per heavy atom. The zero-order valence-corrected chi connectivity index (χ0v) is 19.4. The first-order valence-electron chi connectivity index (χ1n) is 10.8. The standard InChI is InChI=1S/C23H30N4O4S/c1-25-11-13-26(14-12-25)21-7-8-22(31-2)19-9-10-27(16-20(19)21)23(28)15-17-3-5-18(6-4-17)32(24,29)30/h3-8H,9-16H2,1-2H3,(H2,24,29,30). The van der Waals surface area contributed by atoms with E-state index >= 15 is 0 Å². The molecule has 1 amide bonds. The molecule has 0 saturated carbocycles. The quantitative estimate of drug-likeness (QED) is 0.724. The molecular formula is C23H30N4O4S. The van der Waals surface area contributed by atoms with Gasteiger partial charge in [0.05, 0.1) is 18.4 Å². The number of amides is 1. The zero-order valence-electron chi connectivity index (χ0n) is 18.6. The molecule has 172 valence electrons. The minimum absolute atomic E-state index is 0.0196. The van der Waals surface area contributed by atoms with E-state index in [-0.39, 0.29) is 17.2 Å². The van der Waals surface area contributed by atoms with Gasteiger partial charge in [-0.2, -0.15) is 0 Å². The number of fused-ring (bicyclic) bond motifs is 1. The maximum absolute atomic E-state index is 13.1. The fraction of sp³-hybridized carbons (Fsp3) is 0.435. The summed E-state index contributed by atoms with van der Waals surface area (Å²) in [6.45, 7) is 5.11. The van der Waals surface area contributed by atoms with Gasteiger partial charge in [0, 0.05) is 56.1 Å². The van der Waals surface area contributed by atoms with Gasteiger partial charge in [-0.05, 0) is 43.3 Å². The normalized spacial score (nSPS) is 17.2. The molecule has 2 aliphatic rings. The molecule has 1 saturated heterocycles. The van der Waals surface area contributed by atoms with E-state index in [9.17, 15) is 13.2 Å². The SMILES string of the molecule is COc1ccc(N2CCN(C)CC2)c2c1CCN(C(=O)Cc1ccc(S(N)(=O)=O)cc1)C2. The summed E-state index contributed by atoms with van der Waals surface area (Å²) in [4.78, 5) is 19.7. The molecule has 0 aliphatic carbocycles. The van der Waals surface area contributed by atoms with E-state index in [2.05, 4.69) is 22.9 Å². The number of anilines is 1. The van der Waals surface area contributed by atoms with Crippen LogP contribution in [0.15, 0.2) is 41.3 Å². The summed E-state index contributed by atoms with van der Waals surface area (Å²) >= 11 is 0. The van der Waals surface area contributed by atoms with Gasteiger partial charge in [-0.15, -0.1) is 0 Å². The van der Waals surface area contributed by atoms with Crippen molar-refractivity contribution in [1.82, 2.24) is 9.80 Å². The van der Waals surface area contributed by atoms with Crippen molar-refractivity contribution in [2.75, 3.05) is 51.8 Å². The molecule has 2 aromatic carbocycles. The van der Waals surface area contributed by atoms with E-state index in [4.69, 9.17) is 9.88 Å². The molecule has 2 aliphatic heterocycles. The Kier molecular flexibility index (Phi) is 6.41. The number of nitrogens with two attached hydrogens (primary N) is 1. The third-order valence-electron chi connectivity index (χ3n) is 6.37. The maximum atomic E-state index is 13.1. The topological polar surface area (TPSA) is 96.2 Å². The molecule has 9 heteroatoms. The molecule has 0 spiro atoms. The second-order valence-electron chi connectivity index (χ2n) is 8.47. The average Bonchev–Trinajstić information content (AvgIpc) is 2.78. The van der Waals surface area contributed by atoms with Crippen LogP contribution in [-0.2, 0) is 34.2 Å². The highest BCUT2D eigenvalue weighted by atomic mass is 32.2. The minimum atomic E-state index is -3.74. The van der Waals surface area contributed by atoms with E-state index in [1.807, 2.05) is 11.0 Å². The number of piperazine rings is 1. The Hall–Kier alpha value is -2.62. The second kappa shape index (κ2) is 9.09. The lowest BCUT2D eigenvalue weighted by molar-refractivity contribution is -0.131. The van der Waals surface area contributed by atoms with E-state index in [1.54, 1.807) is 19.2 Å². The Balaban J connectivity index is 1.53. The Morgan fingerprint density at radius 3 is 2.31 bits per heavy atom. The van der Waals surface area contributed by atoms with E-state index in [0.717, 1.165) is 49.5 Å². The fourth-order valence-electron chi connectivity index (χ4n) is 4.46. The molecule has 1 fully saturated rings. The predicted molar refractivity (Wildman–Crippen MR) is 123 cm³/mol. The van der Waals surface area contributed by atoms with Crippen molar-refractivity contribution in [3.05, 3.63) is 53.1 Å². The molecule has 2 aromatic rings. The third-order valence-corrected chi connectivity index (χ3v) is 7.30. The Morgan fingerprint density at radius 1 is 1.00 bits per heavy atom. The van der Waals surface area contributed by atoms with Gasteiger partial charge >= 0.3 is 0 Å². The van der Waals surface area contributed by atoms with Gasteiger partial charge in [0.25, 0.3) is 0 Å². The van der Waals surface area contributed by atoms with Crippen LogP contribution in [0.2, 0.25) is 0 Å². The molecule has 0 bridgehead atoms. The van der Waals surface area contributed by atoms with Gasteiger partial charge in [0.2, 0.25) is 15.9 Å². The second-order valence-corrected chi connectivity index (χ2v) is 10.0. The number of rotatable bonds is 5.